The number of halogens is 6. The Morgan fingerprint density at radius 2 is 1.82 bits per heavy atom. The van der Waals surface area contributed by atoms with Crippen molar-refractivity contribution in [2.24, 2.45) is 0 Å². The number of hydrogen-bond acceptors (Lipinski definition) is 5. The van der Waals surface area contributed by atoms with Gasteiger partial charge in [0.15, 0.2) is 9.84 Å². The smallest absolute Gasteiger partial charge is 0.372 e. The number of amides is 2. The maximum Gasteiger partial charge on any atom is 0.416 e. The molecule has 0 bridgehead atoms. The zero-order chi connectivity index (χ0) is 28.4. The molecule has 2 amide bonds. The van der Waals surface area contributed by atoms with E-state index >= 15 is 0 Å². The molecule has 1 atom stereocenters. The van der Waals surface area contributed by atoms with Crippen molar-refractivity contribution < 1.29 is 40.0 Å². The molecule has 0 saturated carbocycles. The highest BCUT2D eigenvalue weighted by Crippen LogP contribution is 2.47. The number of carbonyl (C=O) groups excluding carboxylic acids is 2. The van der Waals surface area contributed by atoms with E-state index in [0.29, 0.717) is 12.1 Å². The van der Waals surface area contributed by atoms with Crippen molar-refractivity contribution in [1.82, 2.24) is 5.32 Å². The van der Waals surface area contributed by atoms with Crippen LogP contribution < -0.4 is 15.5 Å². The predicted octanol–water partition coefficient (Wildman–Crippen LogP) is 4.95. The molecule has 39 heavy (non-hydrogen) atoms. The number of nitrogens with zero attached hydrogens (tertiary/aromatic N) is 1. The van der Waals surface area contributed by atoms with Crippen LogP contribution in [0.3, 0.4) is 0 Å². The number of fused-ring (bicyclic) bond motifs is 3. The fraction of sp³-hybridized carbons (Fsp3) is 0.200. The normalized spacial score (nSPS) is 17.9. The van der Waals surface area contributed by atoms with Crippen molar-refractivity contribution in [1.29, 1.82) is 0 Å². The lowest BCUT2D eigenvalue weighted by molar-refractivity contribution is -0.137. The summed E-state index contributed by atoms with van der Waals surface area (Å²) in [6.07, 6.45) is -4.95. The van der Waals surface area contributed by atoms with E-state index in [4.69, 9.17) is 11.6 Å². The van der Waals surface area contributed by atoms with Crippen molar-refractivity contribution in [3.05, 3.63) is 86.9 Å². The molecule has 0 radical (unpaired) electrons. The third-order valence-electron chi connectivity index (χ3n) is 6.51. The Bertz CT molecular complexity index is 1680. The second-order valence-electron chi connectivity index (χ2n) is 9.05. The van der Waals surface area contributed by atoms with Crippen molar-refractivity contribution in [2.45, 2.75) is 17.1 Å². The Labute approximate surface area is 223 Å². The summed E-state index contributed by atoms with van der Waals surface area (Å²) in [4.78, 5) is 27.6. The van der Waals surface area contributed by atoms with Crippen LogP contribution in [0, 0.1) is 11.6 Å². The van der Waals surface area contributed by atoms with Crippen molar-refractivity contribution in [3.63, 3.8) is 0 Å². The van der Waals surface area contributed by atoms with Gasteiger partial charge in [-0.3, -0.25) is 9.59 Å². The highest BCUT2D eigenvalue weighted by molar-refractivity contribution is 7.91. The number of benzene rings is 3. The third kappa shape index (κ3) is 4.69. The lowest BCUT2D eigenvalue weighted by atomic mass is 9.94. The molecule has 14 heteroatoms. The van der Waals surface area contributed by atoms with Crippen molar-refractivity contribution >= 4 is 44.6 Å². The summed E-state index contributed by atoms with van der Waals surface area (Å²) in [7, 11) is -2.38. The summed E-state index contributed by atoms with van der Waals surface area (Å²) in [6.45, 7) is 0.0512. The van der Waals surface area contributed by atoms with Crippen LogP contribution in [-0.2, 0) is 16.0 Å². The molecule has 204 valence electrons. The van der Waals surface area contributed by atoms with Crippen LogP contribution in [0.2, 0.25) is 5.02 Å². The minimum absolute atomic E-state index is 0.0241. The first kappa shape index (κ1) is 26.9. The molecular weight excluding hydrogens is 569 g/mol. The molecule has 2 N–H and O–H groups in total. The zero-order valence-corrected chi connectivity index (χ0v) is 21.4. The second-order valence-corrected chi connectivity index (χ2v) is 11.5. The fourth-order valence-corrected chi connectivity index (χ4v) is 6.52. The fourth-order valence-electron chi connectivity index (χ4n) is 4.71. The Hall–Kier alpha value is -3.71. The lowest BCUT2D eigenvalue weighted by Gasteiger charge is -2.30. The summed E-state index contributed by atoms with van der Waals surface area (Å²) in [5.74, 6) is -4.26. The maximum absolute atomic E-state index is 14.2. The Morgan fingerprint density at radius 3 is 2.51 bits per heavy atom. The maximum atomic E-state index is 14.2. The van der Waals surface area contributed by atoms with E-state index in [1.165, 1.54) is 11.0 Å². The van der Waals surface area contributed by atoms with E-state index in [1.54, 1.807) is 7.05 Å². The lowest BCUT2D eigenvalue weighted by Crippen LogP contribution is -2.34. The Balaban J connectivity index is 1.73. The van der Waals surface area contributed by atoms with Crippen LogP contribution >= 0.6 is 11.6 Å². The minimum Gasteiger partial charge on any atom is -0.372 e. The van der Waals surface area contributed by atoms with Crippen molar-refractivity contribution in [2.75, 3.05) is 29.6 Å². The molecular formula is C25H17ClF5N3O4S. The molecule has 5 rings (SSSR count). The van der Waals surface area contributed by atoms with Gasteiger partial charge in [-0.2, -0.15) is 13.2 Å². The first-order valence-electron chi connectivity index (χ1n) is 11.3. The van der Waals surface area contributed by atoms with Crippen LogP contribution in [0.25, 0.3) is 0 Å². The van der Waals surface area contributed by atoms with E-state index < -0.39 is 56.6 Å². The SMILES string of the molecule is CN1CCS(=O)(=O)c2cc(NC(=O)c3cc(F)cc(C(F)(F)F)c3)c3c(c21)C(=O)NC3c1cc(F)ccc1Cl. The van der Waals surface area contributed by atoms with Gasteiger partial charge in [-0.25, -0.2) is 17.2 Å². The molecule has 1 unspecified atom stereocenters. The minimum atomic E-state index is -4.95. The van der Waals surface area contributed by atoms with Gasteiger partial charge in [-0.1, -0.05) is 11.6 Å². The van der Waals surface area contributed by atoms with E-state index in [0.717, 1.165) is 18.2 Å². The number of hydrogen-bond donors (Lipinski definition) is 2. The first-order chi connectivity index (χ1) is 18.2. The summed E-state index contributed by atoms with van der Waals surface area (Å²) in [5.41, 5.74) is -2.34. The highest BCUT2D eigenvalue weighted by atomic mass is 35.5. The van der Waals surface area contributed by atoms with Crippen LogP contribution in [-0.4, -0.2) is 39.6 Å². The number of alkyl halides is 3. The third-order valence-corrected chi connectivity index (χ3v) is 8.56. The van der Waals surface area contributed by atoms with Gasteiger partial charge in [-0.15, -0.1) is 0 Å². The van der Waals surface area contributed by atoms with Crippen LogP contribution in [0.4, 0.5) is 33.3 Å². The van der Waals surface area contributed by atoms with Gasteiger partial charge in [0.25, 0.3) is 11.8 Å². The number of carbonyl (C=O) groups is 2. The molecule has 7 nitrogen and oxygen atoms in total. The van der Waals surface area contributed by atoms with Gasteiger partial charge in [0, 0.05) is 41.0 Å². The van der Waals surface area contributed by atoms with E-state index in [9.17, 15) is 40.0 Å². The molecule has 3 aromatic carbocycles. The number of sulfone groups is 1. The molecule has 0 spiro atoms. The van der Waals surface area contributed by atoms with Gasteiger partial charge < -0.3 is 15.5 Å². The highest BCUT2D eigenvalue weighted by Gasteiger charge is 2.42. The number of nitrogens with one attached hydrogen (secondary N) is 2. The van der Waals surface area contributed by atoms with Crippen LogP contribution in [0.1, 0.15) is 43.4 Å². The quantitative estimate of drug-likeness (QED) is 0.425. The molecule has 2 heterocycles. The summed E-state index contributed by atoms with van der Waals surface area (Å²) in [5, 5.41) is 5.00. The summed E-state index contributed by atoms with van der Waals surface area (Å²) in [6, 6.07) is 4.55. The molecule has 2 aliphatic rings. The Morgan fingerprint density at radius 1 is 1.10 bits per heavy atom. The molecule has 0 fully saturated rings. The van der Waals surface area contributed by atoms with E-state index in [1.807, 2.05) is 0 Å². The Kier molecular flexibility index (Phi) is 6.34. The summed E-state index contributed by atoms with van der Waals surface area (Å²) >= 11 is 6.28. The van der Waals surface area contributed by atoms with Gasteiger partial charge in [0.2, 0.25) is 0 Å². The van der Waals surface area contributed by atoms with E-state index in [2.05, 4.69) is 10.6 Å². The number of rotatable bonds is 3. The molecule has 2 aliphatic heterocycles. The average Bonchev–Trinajstić information content (AvgIpc) is 3.19. The largest absolute Gasteiger partial charge is 0.416 e. The zero-order valence-electron chi connectivity index (χ0n) is 19.8. The van der Waals surface area contributed by atoms with Gasteiger partial charge in [0.1, 0.15) is 11.6 Å². The van der Waals surface area contributed by atoms with Gasteiger partial charge in [0.05, 0.1) is 33.5 Å². The molecule has 3 aromatic rings. The van der Waals surface area contributed by atoms with E-state index in [-0.39, 0.29) is 56.3 Å². The van der Waals surface area contributed by atoms with Crippen molar-refractivity contribution in [3.8, 4) is 0 Å². The second kappa shape index (κ2) is 9.19. The topological polar surface area (TPSA) is 95.6 Å². The van der Waals surface area contributed by atoms with Crippen LogP contribution in [0.5, 0.6) is 0 Å². The van der Waals surface area contributed by atoms with Crippen LogP contribution in [0.15, 0.2) is 47.4 Å². The van der Waals surface area contributed by atoms with Gasteiger partial charge >= 0.3 is 6.18 Å². The molecule has 0 saturated heterocycles. The standard InChI is InChI=1S/C25H17ClF5N3O4S/c1-34-4-5-39(37,38)18-10-17(32-23(35)11-6-12(25(29,30)31)8-14(28)7-11)19-20(22(18)34)24(36)33-21(19)15-9-13(27)2-3-16(15)26/h2-3,6-10,21H,4-5H2,1H3,(H,32,35)(H,33,36). The summed E-state index contributed by atoms with van der Waals surface area (Å²) < 4.78 is 93.8. The molecule has 0 aliphatic carbocycles. The van der Waals surface area contributed by atoms with Gasteiger partial charge in [-0.05, 0) is 42.5 Å². The predicted molar refractivity (Wildman–Crippen MR) is 132 cm³/mol. The first-order valence-corrected chi connectivity index (χ1v) is 13.3. The number of anilines is 2. The molecule has 0 aromatic heterocycles. The average molecular weight is 586 g/mol. The monoisotopic (exact) mass is 585 g/mol.